The quantitative estimate of drug-likeness (QED) is 0.426. The lowest BCUT2D eigenvalue weighted by Crippen LogP contribution is -2.22. The summed E-state index contributed by atoms with van der Waals surface area (Å²) in [7, 11) is -3.98. The van der Waals surface area contributed by atoms with E-state index in [2.05, 4.69) is 20.4 Å². The van der Waals surface area contributed by atoms with Crippen LogP contribution in [0.4, 0.5) is 5.82 Å². The molecule has 13 heteroatoms. The van der Waals surface area contributed by atoms with Gasteiger partial charge in [-0.3, -0.25) is 13.7 Å². The van der Waals surface area contributed by atoms with Crippen molar-refractivity contribution in [2.24, 2.45) is 17.0 Å². The Morgan fingerprint density at radius 2 is 2.18 bits per heavy atom. The van der Waals surface area contributed by atoms with Crippen LogP contribution >= 0.6 is 11.6 Å². The average molecular weight is 495 g/mol. The molecule has 1 aliphatic carbocycles. The van der Waals surface area contributed by atoms with Gasteiger partial charge in [0.15, 0.2) is 5.22 Å². The van der Waals surface area contributed by atoms with Crippen LogP contribution in [-0.4, -0.2) is 46.6 Å². The number of nitrogens with two attached hydrogens (primary N) is 1. The van der Waals surface area contributed by atoms with Crippen LogP contribution in [0.3, 0.4) is 0 Å². The maximum absolute atomic E-state index is 13.1. The molecular weight excluding hydrogens is 472 g/mol. The fraction of sp³-hybridized carbons (Fsp3) is 0.400. The van der Waals surface area contributed by atoms with Gasteiger partial charge in [0.1, 0.15) is 23.6 Å². The van der Waals surface area contributed by atoms with Gasteiger partial charge in [0, 0.05) is 18.4 Å². The topological polar surface area (TPSA) is 155 Å². The van der Waals surface area contributed by atoms with E-state index in [4.69, 9.17) is 25.3 Å². The lowest BCUT2D eigenvalue weighted by atomic mass is 10.00. The Morgan fingerprint density at radius 1 is 1.36 bits per heavy atom. The van der Waals surface area contributed by atoms with Crippen LogP contribution in [-0.2, 0) is 21.0 Å². The molecule has 0 aromatic carbocycles. The van der Waals surface area contributed by atoms with Gasteiger partial charge in [-0.2, -0.15) is 13.5 Å². The second kappa shape index (κ2) is 9.59. The number of anilines is 1. The summed E-state index contributed by atoms with van der Waals surface area (Å²) in [5, 5.41) is 12.8. The molecule has 4 rings (SSSR count). The molecule has 0 radical (unpaired) electrons. The van der Waals surface area contributed by atoms with Crippen molar-refractivity contribution in [1.29, 1.82) is 0 Å². The number of furan rings is 1. The van der Waals surface area contributed by atoms with Gasteiger partial charge in [-0.05, 0) is 54.5 Å². The molecule has 176 valence electrons. The van der Waals surface area contributed by atoms with Gasteiger partial charge in [-0.25, -0.2) is 15.1 Å². The lowest BCUT2D eigenvalue weighted by Gasteiger charge is -2.15. The Bertz CT molecular complexity index is 1240. The van der Waals surface area contributed by atoms with Gasteiger partial charge in [0.25, 0.3) is 0 Å². The van der Waals surface area contributed by atoms with Gasteiger partial charge in [0.2, 0.25) is 5.78 Å². The van der Waals surface area contributed by atoms with E-state index in [1.54, 1.807) is 29.1 Å². The number of nitrogens with zero attached hydrogens (tertiary/aromatic N) is 4. The molecule has 1 saturated carbocycles. The van der Waals surface area contributed by atoms with Crippen LogP contribution in [0.25, 0.3) is 0 Å². The number of ketones is 1. The number of hydrogen-bond acceptors (Lipinski definition) is 9. The van der Waals surface area contributed by atoms with Crippen molar-refractivity contribution in [2.75, 3.05) is 11.9 Å². The van der Waals surface area contributed by atoms with Crippen molar-refractivity contribution in [3.63, 3.8) is 0 Å². The van der Waals surface area contributed by atoms with Crippen LogP contribution in [0.5, 0.6) is 0 Å². The van der Waals surface area contributed by atoms with Gasteiger partial charge in [-0.15, -0.1) is 0 Å². The molecule has 0 amide bonds. The molecule has 1 fully saturated rings. The molecular formula is C20H23ClN6O5S. The van der Waals surface area contributed by atoms with Crippen LogP contribution in [0.2, 0.25) is 5.22 Å². The minimum absolute atomic E-state index is 0.00705. The zero-order valence-electron chi connectivity index (χ0n) is 17.7. The Balaban J connectivity index is 1.44. The highest BCUT2D eigenvalue weighted by atomic mass is 35.5. The SMILES string of the molecule is C[C@H]1C[C@H](Nc2ncncc2C(=O)c2ccn(Cc3ccc(Cl)o3)n2)C[C@@H]1COS(N)(=O)=O. The van der Waals surface area contributed by atoms with E-state index in [9.17, 15) is 13.2 Å². The highest BCUT2D eigenvalue weighted by Crippen LogP contribution is 2.34. The van der Waals surface area contributed by atoms with E-state index >= 15 is 0 Å². The van der Waals surface area contributed by atoms with Crippen molar-refractivity contribution in [3.05, 3.63) is 59.2 Å². The molecule has 0 saturated heterocycles. The maximum Gasteiger partial charge on any atom is 0.333 e. The van der Waals surface area contributed by atoms with Gasteiger partial charge in [-0.1, -0.05) is 6.92 Å². The molecule has 1 aliphatic rings. The normalized spacial score (nSPS) is 20.8. The molecule has 3 aromatic heterocycles. The number of nitrogens with one attached hydrogen (secondary N) is 1. The first-order valence-electron chi connectivity index (χ1n) is 10.2. The summed E-state index contributed by atoms with van der Waals surface area (Å²) in [4.78, 5) is 21.4. The standard InChI is InChI=1S/C20H23ClN6O5S/c1-12-6-14(7-13(12)10-31-33(22,29)30)25-20-16(8-23-11-24-20)19(28)17-4-5-27(26-17)9-15-2-3-18(21)32-15/h2-5,8,11-14H,6-7,9-10H2,1H3,(H2,22,29,30)(H,23,24,25)/t12-,13+,14-/m0/s1. The first-order valence-corrected chi connectivity index (χ1v) is 12.1. The van der Waals surface area contributed by atoms with Gasteiger partial charge in [0.05, 0.1) is 18.7 Å². The summed E-state index contributed by atoms with van der Waals surface area (Å²) in [6, 6.07) is 4.97. The number of carbonyl (C=O) groups is 1. The Morgan fingerprint density at radius 3 is 2.91 bits per heavy atom. The van der Waals surface area contributed by atoms with Crippen LogP contribution < -0.4 is 10.5 Å². The van der Waals surface area contributed by atoms with Gasteiger partial charge >= 0.3 is 10.3 Å². The summed E-state index contributed by atoms with van der Waals surface area (Å²) in [5.74, 6) is 0.898. The van der Waals surface area contributed by atoms with Crippen molar-refractivity contribution < 1.29 is 21.8 Å². The molecule has 3 N–H and O–H groups in total. The molecule has 33 heavy (non-hydrogen) atoms. The molecule has 3 heterocycles. The van der Waals surface area contributed by atoms with E-state index in [-0.39, 0.29) is 41.2 Å². The lowest BCUT2D eigenvalue weighted by molar-refractivity contribution is 0.103. The average Bonchev–Trinajstić information content (AvgIpc) is 3.47. The molecule has 0 bridgehead atoms. The minimum atomic E-state index is -3.98. The van der Waals surface area contributed by atoms with Crippen LogP contribution in [0.15, 0.2) is 41.3 Å². The number of halogens is 1. The van der Waals surface area contributed by atoms with E-state index in [0.29, 0.717) is 30.1 Å². The zero-order chi connectivity index (χ0) is 23.6. The fourth-order valence-corrected chi connectivity index (χ4v) is 4.50. The largest absolute Gasteiger partial charge is 0.448 e. The van der Waals surface area contributed by atoms with E-state index in [1.165, 1.54) is 12.5 Å². The van der Waals surface area contributed by atoms with Crippen molar-refractivity contribution in [1.82, 2.24) is 19.7 Å². The van der Waals surface area contributed by atoms with E-state index < -0.39 is 10.3 Å². The first kappa shape index (κ1) is 23.4. The molecule has 3 aromatic rings. The number of rotatable bonds is 9. The summed E-state index contributed by atoms with van der Waals surface area (Å²) in [6.45, 7) is 2.37. The third-order valence-electron chi connectivity index (χ3n) is 5.61. The van der Waals surface area contributed by atoms with Crippen LogP contribution in [0.1, 0.15) is 41.6 Å². The molecule has 0 spiro atoms. The predicted molar refractivity (Wildman–Crippen MR) is 119 cm³/mol. The zero-order valence-corrected chi connectivity index (χ0v) is 19.3. The molecule has 11 nitrogen and oxygen atoms in total. The molecule has 0 unspecified atom stereocenters. The minimum Gasteiger partial charge on any atom is -0.448 e. The Hall–Kier alpha value is -2.80. The number of aromatic nitrogens is 4. The first-order chi connectivity index (χ1) is 15.7. The Kier molecular flexibility index (Phi) is 6.79. The maximum atomic E-state index is 13.1. The van der Waals surface area contributed by atoms with Gasteiger partial charge < -0.3 is 9.73 Å². The molecule has 3 atom stereocenters. The van der Waals surface area contributed by atoms with E-state index in [1.807, 2.05) is 6.92 Å². The van der Waals surface area contributed by atoms with Crippen molar-refractivity contribution in [3.8, 4) is 0 Å². The smallest absolute Gasteiger partial charge is 0.333 e. The summed E-state index contributed by atoms with van der Waals surface area (Å²) < 4.78 is 33.9. The Labute approximate surface area is 195 Å². The second-order valence-corrected chi connectivity index (χ2v) is 9.64. The predicted octanol–water partition coefficient (Wildman–Crippen LogP) is 2.25. The van der Waals surface area contributed by atoms with E-state index in [0.717, 1.165) is 6.42 Å². The van der Waals surface area contributed by atoms with Crippen LogP contribution in [0, 0.1) is 11.8 Å². The van der Waals surface area contributed by atoms with Crippen molar-refractivity contribution in [2.45, 2.75) is 32.4 Å². The highest BCUT2D eigenvalue weighted by molar-refractivity contribution is 7.84. The number of carbonyl (C=O) groups excluding carboxylic acids is 1. The third kappa shape index (κ3) is 5.96. The third-order valence-corrected chi connectivity index (χ3v) is 6.28. The second-order valence-electron chi connectivity index (χ2n) is 8.05. The summed E-state index contributed by atoms with van der Waals surface area (Å²) in [5.41, 5.74) is 0.533. The van der Waals surface area contributed by atoms with Crippen molar-refractivity contribution >= 4 is 33.5 Å². The number of hydrogen-bond donors (Lipinski definition) is 2. The molecule has 0 aliphatic heterocycles. The fourth-order valence-electron chi connectivity index (χ4n) is 3.98. The summed E-state index contributed by atoms with van der Waals surface area (Å²) >= 11 is 5.79. The highest BCUT2D eigenvalue weighted by Gasteiger charge is 2.33. The summed E-state index contributed by atoms with van der Waals surface area (Å²) in [6.07, 6.45) is 5.89. The monoisotopic (exact) mass is 494 g/mol.